The van der Waals surface area contributed by atoms with Gasteiger partial charge in [0.05, 0.1) is 0 Å². The summed E-state index contributed by atoms with van der Waals surface area (Å²) in [6.07, 6.45) is 0.969. The third-order valence-corrected chi connectivity index (χ3v) is 1.66. The lowest BCUT2D eigenvalue weighted by Crippen LogP contribution is -2.31. The van der Waals surface area contributed by atoms with Gasteiger partial charge in [0.2, 0.25) is 0 Å². The molecule has 0 heterocycles. The van der Waals surface area contributed by atoms with Crippen molar-refractivity contribution in [1.29, 1.82) is 0 Å². The molecule has 0 spiro atoms. The van der Waals surface area contributed by atoms with Crippen molar-refractivity contribution < 1.29 is 9.59 Å². The Morgan fingerprint density at radius 3 is 2.45 bits per heavy atom. The van der Waals surface area contributed by atoms with E-state index in [1.54, 1.807) is 0 Å². The average molecular weight is 178 g/mol. The van der Waals surface area contributed by atoms with Crippen molar-refractivity contribution in [3.8, 4) is 0 Å². The zero-order valence-corrected chi connectivity index (χ0v) is 7.44. The van der Waals surface area contributed by atoms with Crippen molar-refractivity contribution in [2.24, 2.45) is 5.92 Å². The Balaban J connectivity index is 3.54. The summed E-state index contributed by atoms with van der Waals surface area (Å²) in [5.41, 5.74) is 0. The van der Waals surface area contributed by atoms with E-state index >= 15 is 0 Å². The molecule has 0 fully saturated rings. The molecule has 1 atom stereocenters. The maximum absolute atomic E-state index is 10.6. The SMILES string of the molecule is CCC(C)CNC(=O)C(=O)Cl. The number of amides is 1. The summed E-state index contributed by atoms with van der Waals surface area (Å²) < 4.78 is 0. The second-order valence-electron chi connectivity index (χ2n) is 2.50. The van der Waals surface area contributed by atoms with E-state index < -0.39 is 11.1 Å². The fourth-order valence-corrected chi connectivity index (χ4v) is 0.548. The molecular weight excluding hydrogens is 166 g/mol. The minimum absolute atomic E-state index is 0.384. The molecule has 0 aliphatic carbocycles. The van der Waals surface area contributed by atoms with E-state index in [0.717, 1.165) is 6.42 Å². The fraction of sp³-hybridized carbons (Fsp3) is 0.714. The van der Waals surface area contributed by atoms with Gasteiger partial charge in [-0.05, 0) is 17.5 Å². The molecule has 0 aliphatic rings. The summed E-state index contributed by atoms with van der Waals surface area (Å²) in [4.78, 5) is 20.8. The summed E-state index contributed by atoms with van der Waals surface area (Å²) in [5.74, 6) is -0.332. The molecule has 0 aromatic heterocycles. The summed E-state index contributed by atoms with van der Waals surface area (Å²) in [5, 5.41) is 1.46. The van der Waals surface area contributed by atoms with E-state index in [-0.39, 0.29) is 0 Å². The van der Waals surface area contributed by atoms with Crippen LogP contribution in [-0.4, -0.2) is 17.7 Å². The maximum Gasteiger partial charge on any atom is 0.309 e. The molecule has 0 saturated heterocycles. The van der Waals surface area contributed by atoms with Crippen LogP contribution >= 0.6 is 11.6 Å². The molecule has 1 unspecified atom stereocenters. The molecule has 1 N–H and O–H groups in total. The lowest BCUT2D eigenvalue weighted by Gasteiger charge is -2.07. The van der Waals surface area contributed by atoms with Gasteiger partial charge < -0.3 is 5.32 Å². The van der Waals surface area contributed by atoms with Gasteiger partial charge in [-0.15, -0.1) is 0 Å². The van der Waals surface area contributed by atoms with Crippen LogP contribution in [0.3, 0.4) is 0 Å². The van der Waals surface area contributed by atoms with Gasteiger partial charge in [-0.2, -0.15) is 0 Å². The van der Waals surface area contributed by atoms with E-state index in [2.05, 4.69) is 5.32 Å². The van der Waals surface area contributed by atoms with Crippen molar-refractivity contribution in [3.63, 3.8) is 0 Å². The van der Waals surface area contributed by atoms with Crippen LogP contribution in [0.1, 0.15) is 20.3 Å². The highest BCUT2D eigenvalue weighted by Gasteiger charge is 2.09. The Hall–Kier alpha value is -0.570. The monoisotopic (exact) mass is 177 g/mol. The molecule has 0 rings (SSSR count). The van der Waals surface area contributed by atoms with Gasteiger partial charge in [0.25, 0.3) is 0 Å². The normalized spacial score (nSPS) is 12.3. The Morgan fingerprint density at radius 1 is 1.55 bits per heavy atom. The zero-order valence-electron chi connectivity index (χ0n) is 6.69. The number of nitrogens with one attached hydrogen (secondary N) is 1. The number of hydrogen-bond acceptors (Lipinski definition) is 2. The van der Waals surface area contributed by atoms with Crippen LogP contribution in [0, 0.1) is 5.92 Å². The third kappa shape index (κ3) is 4.79. The van der Waals surface area contributed by atoms with E-state index in [4.69, 9.17) is 11.6 Å². The van der Waals surface area contributed by atoms with Gasteiger partial charge in [0.1, 0.15) is 0 Å². The van der Waals surface area contributed by atoms with E-state index in [9.17, 15) is 9.59 Å². The van der Waals surface area contributed by atoms with E-state index in [1.807, 2.05) is 13.8 Å². The standard InChI is InChI=1S/C7H12ClNO2/c1-3-5(2)4-9-7(11)6(8)10/h5H,3-4H2,1-2H3,(H,9,11). The highest BCUT2D eigenvalue weighted by Crippen LogP contribution is 1.96. The summed E-state index contributed by atoms with van der Waals surface area (Å²) in [7, 11) is 0. The van der Waals surface area contributed by atoms with Crippen LogP contribution in [-0.2, 0) is 9.59 Å². The number of carbonyl (C=O) groups excluding carboxylic acids is 2. The Morgan fingerprint density at radius 2 is 2.09 bits per heavy atom. The first-order valence-electron chi connectivity index (χ1n) is 3.55. The first kappa shape index (κ1) is 10.4. The third-order valence-electron chi connectivity index (χ3n) is 1.49. The molecule has 0 aliphatic heterocycles. The lowest BCUT2D eigenvalue weighted by atomic mass is 10.1. The smallest absolute Gasteiger partial charge is 0.309 e. The Bertz CT molecular complexity index is 159. The van der Waals surface area contributed by atoms with Gasteiger partial charge in [-0.3, -0.25) is 9.59 Å². The molecule has 11 heavy (non-hydrogen) atoms. The van der Waals surface area contributed by atoms with E-state index in [1.165, 1.54) is 0 Å². The highest BCUT2D eigenvalue weighted by molar-refractivity contribution is 6.80. The first-order valence-corrected chi connectivity index (χ1v) is 3.93. The van der Waals surface area contributed by atoms with Crippen LogP contribution in [0.25, 0.3) is 0 Å². The Labute approximate surface area is 71.1 Å². The molecule has 0 bridgehead atoms. The van der Waals surface area contributed by atoms with Crippen LogP contribution in [0.15, 0.2) is 0 Å². The van der Waals surface area contributed by atoms with Gasteiger partial charge in [0, 0.05) is 6.54 Å². The minimum Gasteiger partial charge on any atom is -0.348 e. The van der Waals surface area contributed by atoms with Gasteiger partial charge in [-0.1, -0.05) is 20.3 Å². The number of halogens is 1. The molecule has 0 radical (unpaired) electrons. The van der Waals surface area contributed by atoms with Gasteiger partial charge in [-0.25, -0.2) is 0 Å². The maximum atomic E-state index is 10.6. The summed E-state index contributed by atoms with van der Waals surface area (Å²) >= 11 is 4.90. The van der Waals surface area contributed by atoms with Crippen molar-refractivity contribution >= 4 is 22.8 Å². The molecule has 64 valence electrons. The molecule has 3 nitrogen and oxygen atoms in total. The zero-order chi connectivity index (χ0) is 8.85. The summed E-state index contributed by atoms with van der Waals surface area (Å²) in [6, 6.07) is 0. The van der Waals surface area contributed by atoms with Crippen LogP contribution in [0.4, 0.5) is 0 Å². The predicted octanol–water partition coefficient (Wildman–Crippen LogP) is 0.914. The molecule has 0 aromatic rings. The first-order chi connectivity index (χ1) is 5.07. The van der Waals surface area contributed by atoms with Crippen molar-refractivity contribution in [3.05, 3.63) is 0 Å². The van der Waals surface area contributed by atoms with Crippen molar-refractivity contribution in [2.75, 3.05) is 6.54 Å². The highest BCUT2D eigenvalue weighted by atomic mass is 35.5. The van der Waals surface area contributed by atoms with Crippen LogP contribution < -0.4 is 5.32 Å². The van der Waals surface area contributed by atoms with Crippen molar-refractivity contribution in [1.82, 2.24) is 5.32 Å². The summed E-state index contributed by atoms with van der Waals surface area (Å²) in [6.45, 7) is 4.51. The van der Waals surface area contributed by atoms with Gasteiger partial charge >= 0.3 is 11.1 Å². The lowest BCUT2D eigenvalue weighted by molar-refractivity contribution is -0.133. The Kier molecular flexibility index (Phi) is 4.86. The molecular formula is C7H12ClNO2. The van der Waals surface area contributed by atoms with Crippen LogP contribution in [0.5, 0.6) is 0 Å². The van der Waals surface area contributed by atoms with Crippen LogP contribution in [0.2, 0.25) is 0 Å². The molecule has 1 amide bonds. The fourth-order valence-electron chi connectivity index (χ4n) is 0.481. The average Bonchev–Trinajstić information content (AvgIpc) is 1.99. The number of rotatable bonds is 4. The number of hydrogen-bond donors (Lipinski definition) is 1. The molecule has 0 aromatic carbocycles. The molecule has 0 saturated carbocycles. The van der Waals surface area contributed by atoms with Crippen molar-refractivity contribution in [2.45, 2.75) is 20.3 Å². The molecule has 4 heteroatoms. The predicted molar refractivity (Wildman–Crippen MR) is 43.3 cm³/mol. The quantitative estimate of drug-likeness (QED) is 0.513. The minimum atomic E-state index is -0.951. The van der Waals surface area contributed by atoms with E-state index in [0.29, 0.717) is 12.5 Å². The number of carbonyl (C=O) groups is 2. The largest absolute Gasteiger partial charge is 0.348 e. The second kappa shape index (κ2) is 5.13. The second-order valence-corrected chi connectivity index (χ2v) is 2.84. The topological polar surface area (TPSA) is 46.2 Å². The van der Waals surface area contributed by atoms with Gasteiger partial charge in [0.15, 0.2) is 0 Å².